The number of nitro groups is 1. The van der Waals surface area contributed by atoms with Crippen LogP contribution < -0.4 is 5.32 Å². The summed E-state index contributed by atoms with van der Waals surface area (Å²) < 4.78 is 1.77. The Labute approximate surface area is 201 Å². The first-order valence-electron chi connectivity index (χ1n) is 10.9. The Morgan fingerprint density at radius 3 is 2.62 bits per heavy atom. The highest BCUT2D eigenvalue weighted by atomic mass is 35.5. The molecule has 34 heavy (non-hydrogen) atoms. The Balaban J connectivity index is 1.82. The number of nitrogens with one attached hydrogen (secondary N) is 1. The third kappa shape index (κ3) is 3.45. The molecule has 2 aromatic carbocycles. The van der Waals surface area contributed by atoms with Crippen LogP contribution in [0.5, 0.6) is 5.75 Å². The molecular formula is C25H23ClN4O4. The number of hydrogen-bond donors (Lipinski definition) is 2. The molecule has 5 rings (SSSR count). The lowest BCUT2D eigenvalue weighted by Gasteiger charge is -2.38. The molecule has 0 amide bonds. The minimum atomic E-state index is -0.746. The SMILES string of the molecule is Cc1nn(-c2ccccc2)c2c1C(c1cc(Cl)cc([N+](=O)[O-])c1O)C1=C(CC(C)(C)CC1=O)N2. The number of phenols is 1. The van der Waals surface area contributed by atoms with Crippen LogP contribution in [-0.4, -0.2) is 25.6 Å². The standard InChI is InChI=1S/C25H23ClN4O4/c1-13-20-21(16-9-14(26)10-18(23(16)32)30(33)34)22-17(11-25(2,3)12-19(22)31)27-24(20)29(28-13)15-7-5-4-6-8-15/h4-10,21,27,32H,11-12H2,1-3H3. The van der Waals surface area contributed by atoms with Crippen LogP contribution >= 0.6 is 11.6 Å². The van der Waals surface area contributed by atoms with Crippen molar-refractivity contribution >= 4 is 28.9 Å². The number of nitrogens with zero attached hydrogens (tertiary/aromatic N) is 3. The molecule has 1 aliphatic carbocycles. The van der Waals surface area contributed by atoms with E-state index in [4.69, 9.17) is 16.7 Å². The number of anilines is 1. The van der Waals surface area contributed by atoms with E-state index < -0.39 is 22.3 Å². The molecule has 1 atom stereocenters. The van der Waals surface area contributed by atoms with Gasteiger partial charge in [0.2, 0.25) is 0 Å². The maximum atomic E-state index is 13.5. The third-order valence-electron chi connectivity index (χ3n) is 6.47. The lowest BCUT2D eigenvalue weighted by molar-refractivity contribution is -0.385. The first-order chi connectivity index (χ1) is 16.1. The van der Waals surface area contributed by atoms with Gasteiger partial charge in [0.1, 0.15) is 5.82 Å². The van der Waals surface area contributed by atoms with Gasteiger partial charge in [-0.15, -0.1) is 0 Å². The van der Waals surface area contributed by atoms with Gasteiger partial charge < -0.3 is 10.4 Å². The van der Waals surface area contributed by atoms with Gasteiger partial charge >= 0.3 is 5.69 Å². The van der Waals surface area contributed by atoms with Crippen molar-refractivity contribution < 1.29 is 14.8 Å². The number of nitro benzene ring substituents is 1. The number of carbonyl (C=O) groups is 1. The first kappa shape index (κ1) is 22.2. The second-order valence-electron chi connectivity index (χ2n) is 9.61. The number of aromatic nitrogens is 2. The van der Waals surface area contributed by atoms with Crippen molar-refractivity contribution in [2.45, 2.75) is 39.5 Å². The zero-order chi connectivity index (χ0) is 24.4. The first-order valence-corrected chi connectivity index (χ1v) is 11.3. The summed E-state index contributed by atoms with van der Waals surface area (Å²) in [6, 6.07) is 12.2. The van der Waals surface area contributed by atoms with Crippen molar-refractivity contribution in [3.8, 4) is 11.4 Å². The number of phenolic OH excluding ortho intramolecular Hbond substituents is 1. The van der Waals surface area contributed by atoms with Crippen molar-refractivity contribution in [1.82, 2.24) is 9.78 Å². The van der Waals surface area contributed by atoms with E-state index in [1.807, 2.05) is 51.1 Å². The van der Waals surface area contributed by atoms with Crippen LogP contribution in [0.25, 0.3) is 5.69 Å². The average molecular weight is 479 g/mol. The van der Waals surface area contributed by atoms with Gasteiger partial charge in [-0.1, -0.05) is 43.6 Å². The van der Waals surface area contributed by atoms with E-state index in [2.05, 4.69) is 5.32 Å². The molecule has 0 saturated carbocycles. The predicted molar refractivity (Wildman–Crippen MR) is 129 cm³/mol. The van der Waals surface area contributed by atoms with E-state index in [9.17, 15) is 20.0 Å². The largest absolute Gasteiger partial charge is 0.502 e. The molecule has 2 N–H and O–H groups in total. The van der Waals surface area contributed by atoms with Gasteiger partial charge in [-0.25, -0.2) is 4.68 Å². The molecule has 0 radical (unpaired) electrons. The quantitative estimate of drug-likeness (QED) is 0.372. The number of para-hydroxylation sites is 1. The summed E-state index contributed by atoms with van der Waals surface area (Å²) >= 11 is 6.26. The van der Waals surface area contributed by atoms with Gasteiger partial charge in [0, 0.05) is 45.8 Å². The van der Waals surface area contributed by atoms with Gasteiger partial charge in [-0.05, 0) is 37.0 Å². The fraction of sp³-hybridized carbons (Fsp3) is 0.280. The van der Waals surface area contributed by atoms with Gasteiger partial charge in [-0.3, -0.25) is 14.9 Å². The number of rotatable bonds is 3. The van der Waals surface area contributed by atoms with Crippen molar-refractivity contribution in [3.63, 3.8) is 0 Å². The van der Waals surface area contributed by atoms with Gasteiger partial charge in [0.15, 0.2) is 11.5 Å². The maximum Gasteiger partial charge on any atom is 0.312 e. The number of halogens is 1. The van der Waals surface area contributed by atoms with E-state index in [1.165, 1.54) is 6.07 Å². The van der Waals surface area contributed by atoms with E-state index in [0.29, 0.717) is 35.5 Å². The Hall–Kier alpha value is -3.65. The normalized spacial score (nSPS) is 18.8. The molecule has 1 aliphatic heterocycles. The molecule has 0 saturated heterocycles. The fourth-order valence-corrected chi connectivity index (χ4v) is 5.33. The average Bonchev–Trinajstić information content (AvgIpc) is 3.09. The molecule has 9 heteroatoms. The highest BCUT2D eigenvalue weighted by Gasteiger charge is 2.44. The predicted octanol–water partition coefficient (Wildman–Crippen LogP) is 5.65. The van der Waals surface area contributed by atoms with E-state index in [0.717, 1.165) is 17.5 Å². The van der Waals surface area contributed by atoms with E-state index in [-0.39, 0.29) is 21.8 Å². The van der Waals surface area contributed by atoms with Crippen LogP contribution in [0.3, 0.4) is 0 Å². The Morgan fingerprint density at radius 1 is 1.24 bits per heavy atom. The summed E-state index contributed by atoms with van der Waals surface area (Å²) in [6.07, 6.45) is 0.932. The summed E-state index contributed by atoms with van der Waals surface area (Å²) in [7, 11) is 0. The van der Waals surface area contributed by atoms with Gasteiger partial charge in [-0.2, -0.15) is 5.10 Å². The number of allylic oxidation sites excluding steroid dienone is 2. The molecule has 2 heterocycles. The topological polar surface area (TPSA) is 110 Å². The van der Waals surface area contributed by atoms with Crippen LogP contribution in [0.15, 0.2) is 53.7 Å². The summed E-state index contributed by atoms with van der Waals surface area (Å²) in [5.74, 6) is -0.642. The van der Waals surface area contributed by atoms with Gasteiger partial charge in [0.25, 0.3) is 0 Å². The van der Waals surface area contributed by atoms with Crippen LogP contribution in [0, 0.1) is 22.5 Å². The third-order valence-corrected chi connectivity index (χ3v) is 6.68. The van der Waals surface area contributed by atoms with Crippen molar-refractivity contribution in [2.75, 3.05) is 5.32 Å². The minimum Gasteiger partial charge on any atom is -0.502 e. The molecule has 1 unspecified atom stereocenters. The molecule has 0 bridgehead atoms. The Kier molecular flexibility index (Phi) is 5.02. The molecule has 0 fully saturated rings. The summed E-state index contributed by atoms with van der Waals surface area (Å²) in [5.41, 5.74) is 2.84. The highest BCUT2D eigenvalue weighted by molar-refractivity contribution is 6.31. The smallest absolute Gasteiger partial charge is 0.312 e. The lowest BCUT2D eigenvalue weighted by Crippen LogP contribution is -2.34. The van der Waals surface area contributed by atoms with Crippen molar-refractivity contribution in [3.05, 3.63) is 85.7 Å². The minimum absolute atomic E-state index is 0.0664. The van der Waals surface area contributed by atoms with E-state index in [1.54, 1.807) is 4.68 Å². The van der Waals surface area contributed by atoms with Crippen molar-refractivity contribution in [2.24, 2.45) is 5.41 Å². The summed E-state index contributed by atoms with van der Waals surface area (Å²) in [6.45, 7) is 5.89. The molecule has 174 valence electrons. The number of hydrogen-bond acceptors (Lipinski definition) is 6. The number of Topliss-reactive ketones (excluding diaryl/α,β-unsaturated/α-hetero) is 1. The molecule has 2 aliphatic rings. The fourth-order valence-electron chi connectivity index (χ4n) is 5.11. The van der Waals surface area contributed by atoms with Gasteiger partial charge in [0.05, 0.1) is 16.3 Å². The molecule has 8 nitrogen and oxygen atoms in total. The number of aromatic hydroxyl groups is 1. The van der Waals surface area contributed by atoms with Crippen LogP contribution in [0.1, 0.15) is 49.4 Å². The van der Waals surface area contributed by atoms with Crippen LogP contribution in [0.4, 0.5) is 11.5 Å². The molecular weight excluding hydrogens is 456 g/mol. The summed E-state index contributed by atoms with van der Waals surface area (Å²) in [4.78, 5) is 24.4. The monoisotopic (exact) mass is 478 g/mol. The molecule has 1 aromatic heterocycles. The Bertz CT molecular complexity index is 1390. The molecule has 0 spiro atoms. The number of carbonyl (C=O) groups excluding carboxylic acids is 1. The number of ketones is 1. The maximum absolute atomic E-state index is 13.5. The number of aryl methyl sites for hydroxylation is 1. The summed E-state index contributed by atoms with van der Waals surface area (Å²) in [5, 5.41) is 30.9. The number of fused-ring (bicyclic) bond motifs is 1. The van der Waals surface area contributed by atoms with Crippen molar-refractivity contribution in [1.29, 1.82) is 0 Å². The second-order valence-corrected chi connectivity index (χ2v) is 10.0. The lowest BCUT2D eigenvalue weighted by atomic mass is 9.69. The molecule has 3 aromatic rings. The zero-order valence-electron chi connectivity index (χ0n) is 18.9. The number of benzene rings is 2. The highest BCUT2D eigenvalue weighted by Crippen LogP contribution is 2.53. The Morgan fingerprint density at radius 2 is 1.94 bits per heavy atom. The second kappa shape index (κ2) is 7.70. The van der Waals surface area contributed by atoms with Crippen LogP contribution in [0.2, 0.25) is 5.02 Å². The zero-order valence-corrected chi connectivity index (χ0v) is 19.7. The van der Waals surface area contributed by atoms with Crippen LogP contribution in [-0.2, 0) is 4.79 Å². The van der Waals surface area contributed by atoms with E-state index >= 15 is 0 Å².